The van der Waals surface area contributed by atoms with Crippen LogP contribution in [-0.4, -0.2) is 28.7 Å². The summed E-state index contributed by atoms with van der Waals surface area (Å²) in [4.78, 5) is 12.4. The minimum atomic E-state index is -0.670. The number of hydrogen-bond donors (Lipinski definition) is 1. The number of aryl methyl sites for hydroxylation is 1. The fraction of sp³-hybridized carbons (Fsp3) is 0.538. The maximum absolute atomic E-state index is 10.8. The number of benzene rings is 1. The highest BCUT2D eigenvalue weighted by molar-refractivity contribution is 5.61. The molecule has 0 bridgehead atoms. The summed E-state index contributed by atoms with van der Waals surface area (Å²) in [5, 5.41) is 21.0. The normalized spacial score (nSPS) is 17.7. The standard InChI is InChI=1S/C13H18N2O3/c1-9(2)13(16)7-14(8-13)12-6-11(15(17)18)5-4-10(12)3/h4-6,9,16H,7-8H2,1-3H3. The van der Waals surface area contributed by atoms with Gasteiger partial charge in [0.05, 0.1) is 4.92 Å². The van der Waals surface area contributed by atoms with Crippen LogP contribution in [0.4, 0.5) is 11.4 Å². The van der Waals surface area contributed by atoms with E-state index in [0.29, 0.717) is 13.1 Å². The minimum absolute atomic E-state index is 0.0931. The van der Waals surface area contributed by atoms with Crippen LogP contribution >= 0.6 is 0 Å². The molecule has 1 N–H and O–H groups in total. The van der Waals surface area contributed by atoms with Gasteiger partial charge in [0.25, 0.3) is 5.69 Å². The Hall–Kier alpha value is -1.62. The molecule has 1 aliphatic rings. The van der Waals surface area contributed by atoms with Crippen molar-refractivity contribution >= 4 is 11.4 Å². The van der Waals surface area contributed by atoms with Crippen LogP contribution in [0.5, 0.6) is 0 Å². The second kappa shape index (κ2) is 4.24. The Morgan fingerprint density at radius 3 is 2.56 bits per heavy atom. The van der Waals surface area contributed by atoms with Crippen molar-refractivity contribution in [3.8, 4) is 0 Å². The van der Waals surface area contributed by atoms with E-state index in [4.69, 9.17) is 0 Å². The van der Waals surface area contributed by atoms with E-state index in [0.717, 1.165) is 11.3 Å². The lowest BCUT2D eigenvalue weighted by atomic mass is 9.82. The van der Waals surface area contributed by atoms with Crippen LogP contribution < -0.4 is 4.90 Å². The van der Waals surface area contributed by atoms with Gasteiger partial charge in [-0.25, -0.2) is 0 Å². The van der Waals surface area contributed by atoms with Crippen molar-refractivity contribution in [2.24, 2.45) is 5.92 Å². The molecule has 0 saturated carbocycles. The van der Waals surface area contributed by atoms with E-state index in [9.17, 15) is 15.2 Å². The Kier molecular flexibility index (Phi) is 3.02. The smallest absolute Gasteiger partial charge is 0.271 e. The molecule has 1 aromatic carbocycles. The number of hydrogen-bond acceptors (Lipinski definition) is 4. The molecule has 1 aromatic rings. The van der Waals surface area contributed by atoms with Crippen molar-refractivity contribution in [1.29, 1.82) is 0 Å². The molecule has 2 rings (SSSR count). The highest BCUT2D eigenvalue weighted by Gasteiger charge is 2.44. The zero-order valence-corrected chi connectivity index (χ0v) is 10.9. The van der Waals surface area contributed by atoms with Crippen LogP contribution in [-0.2, 0) is 0 Å². The lowest BCUT2D eigenvalue weighted by Crippen LogP contribution is -2.64. The fourth-order valence-corrected chi connectivity index (χ4v) is 2.20. The number of nitro benzene ring substituents is 1. The van der Waals surface area contributed by atoms with Crippen molar-refractivity contribution in [3.05, 3.63) is 33.9 Å². The van der Waals surface area contributed by atoms with Crippen molar-refractivity contribution < 1.29 is 10.0 Å². The average molecular weight is 250 g/mol. The van der Waals surface area contributed by atoms with Gasteiger partial charge < -0.3 is 10.0 Å². The van der Waals surface area contributed by atoms with E-state index in [2.05, 4.69) is 0 Å². The first-order valence-electron chi connectivity index (χ1n) is 6.06. The second-order valence-electron chi connectivity index (χ2n) is 5.34. The molecule has 1 heterocycles. The summed E-state index contributed by atoms with van der Waals surface area (Å²) < 4.78 is 0. The molecule has 0 aromatic heterocycles. The number of nitro groups is 1. The Morgan fingerprint density at radius 2 is 2.06 bits per heavy atom. The molecule has 0 radical (unpaired) electrons. The molecular weight excluding hydrogens is 232 g/mol. The molecule has 0 atom stereocenters. The minimum Gasteiger partial charge on any atom is -0.386 e. The monoisotopic (exact) mass is 250 g/mol. The molecule has 0 amide bonds. The van der Waals surface area contributed by atoms with Crippen LogP contribution in [0.15, 0.2) is 18.2 Å². The van der Waals surface area contributed by atoms with Gasteiger partial charge >= 0.3 is 0 Å². The summed E-state index contributed by atoms with van der Waals surface area (Å²) in [5.74, 6) is 0.188. The highest BCUT2D eigenvalue weighted by atomic mass is 16.6. The molecule has 18 heavy (non-hydrogen) atoms. The number of non-ortho nitro benzene ring substituents is 1. The van der Waals surface area contributed by atoms with Gasteiger partial charge in [0.1, 0.15) is 5.60 Å². The lowest BCUT2D eigenvalue weighted by molar-refractivity contribution is -0.384. The number of anilines is 1. The summed E-state index contributed by atoms with van der Waals surface area (Å²) in [6.45, 7) is 6.96. The third-order valence-electron chi connectivity index (χ3n) is 3.75. The SMILES string of the molecule is Cc1ccc([N+](=O)[O-])cc1N1CC(O)(C(C)C)C1. The zero-order chi connectivity index (χ0) is 13.5. The fourth-order valence-electron chi connectivity index (χ4n) is 2.20. The Bertz CT molecular complexity index is 479. The van der Waals surface area contributed by atoms with Crippen LogP contribution in [0.25, 0.3) is 0 Å². The molecular formula is C13H18N2O3. The van der Waals surface area contributed by atoms with Crippen LogP contribution in [0.3, 0.4) is 0 Å². The van der Waals surface area contributed by atoms with Crippen LogP contribution in [0.1, 0.15) is 19.4 Å². The number of rotatable bonds is 3. The predicted octanol–water partition coefficient (Wildman–Crippen LogP) is 2.11. The zero-order valence-electron chi connectivity index (χ0n) is 10.9. The number of aliphatic hydroxyl groups is 1. The summed E-state index contributed by atoms with van der Waals surface area (Å²) in [7, 11) is 0. The number of nitrogens with zero attached hydrogens (tertiary/aromatic N) is 2. The first-order valence-corrected chi connectivity index (χ1v) is 6.06. The van der Waals surface area contributed by atoms with E-state index in [1.807, 2.05) is 25.7 Å². The Morgan fingerprint density at radius 1 is 1.44 bits per heavy atom. The van der Waals surface area contributed by atoms with Crippen molar-refractivity contribution in [2.45, 2.75) is 26.4 Å². The summed E-state index contributed by atoms with van der Waals surface area (Å²) in [6.07, 6.45) is 0. The largest absolute Gasteiger partial charge is 0.386 e. The van der Waals surface area contributed by atoms with E-state index >= 15 is 0 Å². The summed E-state index contributed by atoms with van der Waals surface area (Å²) >= 11 is 0. The van der Waals surface area contributed by atoms with Crippen molar-refractivity contribution in [3.63, 3.8) is 0 Å². The van der Waals surface area contributed by atoms with Gasteiger partial charge in [-0.1, -0.05) is 19.9 Å². The summed E-state index contributed by atoms with van der Waals surface area (Å²) in [6, 6.07) is 4.84. The lowest BCUT2D eigenvalue weighted by Gasteiger charge is -2.50. The van der Waals surface area contributed by atoms with Crippen molar-refractivity contribution in [2.75, 3.05) is 18.0 Å². The van der Waals surface area contributed by atoms with Crippen molar-refractivity contribution in [1.82, 2.24) is 0 Å². The van der Waals surface area contributed by atoms with Gasteiger partial charge in [0.15, 0.2) is 0 Å². The summed E-state index contributed by atoms with van der Waals surface area (Å²) in [5.41, 5.74) is 1.26. The van der Waals surface area contributed by atoms with E-state index < -0.39 is 10.5 Å². The van der Waals surface area contributed by atoms with E-state index in [1.165, 1.54) is 6.07 Å². The molecule has 5 heteroatoms. The maximum atomic E-state index is 10.8. The molecule has 0 aliphatic carbocycles. The first-order chi connectivity index (χ1) is 8.33. The Labute approximate surface area is 106 Å². The molecule has 0 unspecified atom stereocenters. The first kappa shape index (κ1) is 12.8. The van der Waals surface area contributed by atoms with E-state index in [-0.39, 0.29) is 11.6 Å². The maximum Gasteiger partial charge on any atom is 0.271 e. The highest BCUT2D eigenvalue weighted by Crippen LogP contribution is 2.35. The van der Waals surface area contributed by atoms with Gasteiger partial charge in [-0.3, -0.25) is 10.1 Å². The third-order valence-corrected chi connectivity index (χ3v) is 3.75. The molecule has 1 aliphatic heterocycles. The number of β-amino-alcohol motifs (C(OH)–C–C–N with tert-alkyl or cyclic N) is 1. The Balaban J connectivity index is 2.21. The molecule has 1 saturated heterocycles. The third kappa shape index (κ3) is 2.06. The van der Waals surface area contributed by atoms with Gasteiger partial charge in [0.2, 0.25) is 0 Å². The second-order valence-corrected chi connectivity index (χ2v) is 5.34. The predicted molar refractivity (Wildman–Crippen MR) is 69.8 cm³/mol. The van der Waals surface area contributed by atoms with E-state index in [1.54, 1.807) is 12.1 Å². The van der Waals surface area contributed by atoms with Gasteiger partial charge in [-0.05, 0) is 18.4 Å². The molecule has 1 fully saturated rings. The van der Waals surface area contributed by atoms with Gasteiger partial charge in [-0.15, -0.1) is 0 Å². The van der Waals surface area contributed by atoms with Gasteiger partial charge in [-0.2, -0.15) is 0 Å². The molecule has 0 spiro atoms. The van der Waals surface area contributed by atoms with Gasteiger partial charge in [0, 0.05) is 30.9 Å². The quantitative estimate of drug-likeness (QED) is 0.659. The van der Waals surface area contributed by atoms with Crippen LogP contribution in [0, 0.1) is 23.0 Å². The molecule has 98 valence electrons. The van der Waals surface area contributed by atoms with Crippen LogP contribution in [0.2, 0.25) is 0 Å². The topological polar surface area (TPSA) is 66.6 Å². The average Bonchev–Trinajstić information content (AvgIpc) is 2.25. The molecule has 5 nitrogen and oxygen atoms in total.